The predicted molar refractivity (Wildman–Crippen MR) is 109 cm³/mol. The fourth-order valence-electron chi connectivity index (χ4n) is 3.85. The van der Waals surface area contributed by atoms with Gasteiger partial charge in [0.15, 0.2) is 6.10 Å². The number of aromatic nitrogens is 2. The lowest BCUT2D eigenvalue weighted by molar-refractivity contribution is -0.143. The Kier molecular flexibility index (Phi) is 5.61. The van der Waals surface area contributed by atoms with E-state index in [0.29, 0.717) is 27.2 Å². The average molecular weight is 406 g/mol. The Morgan fingerprint density at radius 2 is 1.82 bits per heavy atom. The van der Waals surface area contributed by atoms with Crippen molar-refractivity contribution >= 4 is 33.4 Å². The molecule has 28 heavy (non-hydrogen) atoms. The number of esters is 1. The highest BCUT2D eigenvalue weighted by Crippen LogP contribution is 2.29. The molecule has 0 aliphatic carbocycles. The number of ether oxygens (including phenoxy) is 1. The van der Waals surface area contributed by atoms with Gasteiger partial charge in [0, 0.05) is 25.0 Å². The van der Waals surface area contributed by atoms with Crippen molar-refractivity contribution in [3.8, 4) is 0 Å². The molecule has 0 fully saturated rings. The Morgan fingerprint density at radius 1 is 1.18 bits per heavy atom. The summed E-state index contributed by atoms with van der Waals surface area (Å²) in [5.74, 6) is -0.0422. The van der Waals surface area contributed by atoms with Crippen LogP contribution in [-0.4, -0.2) is 44.5 Å². The molecule has 2 aromatic heterocycles. The minimum Gasteiger partial charge on any atom is -0.448 e. The standard InChI is InChI=1S/C20H27N3O4S/c1-10(2)23(11(3)4)18(24)13(6)27-20(26)16-12(5)15-17(28-16)21-14-8-7-9-22(14)19(15)25/h10-11,13H,7-9H2,1-6H3. The van der Waals surface area contributed by atoms with Crippen molar-refractivity contribution in [2.24, 2.45) is 0 Å². The number of thiophene rings is 1. The summed E-state index contributed by atoms with van der Waals surface area (Å²) >= 11 is 1.16. The van der Waals surface area contributed by atoms with E-state index in [9.17, 15) is 14.4 Å². The minimum atomic E-state index is -0.902. The van der Waals surface area contributed by atoms with Gasteiger partial charge >= 0.3 is 5.97 Å². The summed E-state index contributed by atoms with van der Waals surface area (Å²) in [6.45, 7) is 11.7. The first kappa shape index (κ1) is 20.5. The van der Waals surface area contributed by atoms with Gasteiger partial charge in [-0.2, -0.15) is 0 Å². The molecule has 0 saturated heterocycles. The Bertz CT molecular complexity index is 981. The highest BCUT2D eigenvalue weighted by Gasteiger charge is 2.30. The van der Waals surface area contributed by atoms with Crippen molar-refractivity contribution in [1.82, 2.24) is 14.5 Å². The van der Waals surface area contributed by atoms with Gasteiger partial charge in [-0.1, -0.05) is 0 Å². The second kappa shape index (κ2) is 7.66. The zero-order chi connectivity index (χ0) is 20.7. The van der Waals surface area contributed by atoms with Crippen LogP contribution in [0.15, 0.2) is 4.79 Å². The number of amides is 1. The van der Waals surface area contributed by atoms with E-state index in [1.807, 2.05) is 27.7 Å². The first-order valence-corrected chi connectivity index (χ1v) is 10.5. The molecule has 1 aliphatic rings. The van der Waals surface area contributed by atoms with E-state index < -0.39 is 12.1 Å². The van der Waals surface area contributed by atoms with Gasteiger partial charge in [0.2, 0.25) is 0 Å². The van der Waals surface area contributed by atoms with E-state index in [1.165, 1.54) is 0 Å². The molecule has 3 heterocycles. The summed E-state index contributed by atoms with van der Waals surface area (Å²) < 4.78 is 7.16. The molecule has 0 radical (unpaired) electrons. The molecule has 1 aliphatic heterocycles. The summed E-state index contributed by atoms with van der Waals surface area (Å²) in [5.41, 5.74) is 0.481. The number of hydrogen-bond donors (Lipinski definition) is 0. The number of carbonyl (C=O) groups is 2. The lowest BCUT2D eigenvalue weighted by Crippen LogP contribution is -2.47. The highest BCUT2D eigenvalue weighted by molar-refractivity contribution is 7.20. The van der Waals surface area contributed by atoms with E-state index in [1.54, 1.807) is 23.3 Å². The summed E-state index contributed by atoms with van der Waals surface area (Å²) in [7, 11) is 0. The molecule has 0 N–H and O–H groups in total. The third-order valence-electron chi connectivity index (χ3n) is 5.10. The summed E-state index contributed by atoms with van der Waals surface area (Å²) in [6, 6.07) is 0.0118. The quantitative estimate of drug-likeness (QED) is 0.715. The monoisotopic (exact) mass is 405 g/mol. The maximum atomic E-state index is 12.8. The smallest absolute Gasteiger partial charge is 0.349 e. The third-order valence-corrected chi connectivity index (χ3v) is 6.26. The van der Waals surface area contributed by atoms with Crippen LogP contribution in [0.3, 0.4) is 0 Å². The molecule has 2 aromatic rings. The Labute approximate surface area is 168 Å². The normalized spacial score (nSPS) is 14.6. The van der Waals surface area contributed by atoms with Gasteiger partial charge in [0.25, 0.3) is 11.5 Å². The van der Waals surface area contributed by atoms with Crippen LogP contribution >= 0.6 is 11.3 Å². The number of aryl methyl sites for hydroxylation is 2. The number of nitrogens with zero attached hydrogens (tertiary/aromatic N) is 3. The Balaban J connectivity index is 1.88. The summed E-state index contributed by atoms with van der Waals surface area (Å²) in [5, 5.41) is 0.479. The van der Waals surface area contributed by atoms with Gasteiger partial charge < -0.3 is 9.64 Å². The molecule has 152 valence electrons. The molecule has 0 aromatic carbocycles. The molecular formula is C20H27N3O4S. The summed E-state index contributed by atoms with van der Waals surface area (Å²) in [6.07, 6.45) is 0.782. The van der Waals surface area contributed by atoms with Gasteiger partial charge in [0.05, 0.1) is 5.39 Å². The summed E-state index contributed by atoms with van der Waals surface area (Å²) in [4.78, 5) is 45.4. The van der Waals surface area contributed by atoms with Gasteiger partial charge in [-0.15, -0.1) is 11.3 Å². The molecule has 3 rings (SSSR count). The number of fused-ring (bicyclic) bond motifs is 2. The molecule has 7 nitrogen and oxygen atoms in total. The lowest BCUT2D eigenvalue weighted by Gasteiger charge is -2.32. The Morgan fingerprint density at radius 3 is 2.43 bits per heavy atom. The zero-order valence-corrected chi connectivity index (χ0v) is 18.1. The van der Waals surface area contributed by atoms with Crippen molar-refractivity contribution in [1.29, 1.82) is 0 Å². The number of hydrogen-bond acceptors (Lipinski definition) is 6. The molecule has 0 bridgehead atoms. The topological polar surface area (TPSA) is 81.5 Å². The van der Waals surface area contributed by atoms with E-state index in [-0.39, 0.29) is 23.6 Å². The fraction of sp³-hybridized carbons (Fsp3) is 0.600. The van der Waals surface area contributed by atoms with E-state index in [4.69, 9.17) is 4.74 Å². The van der Waals surface area contributed by atoms with Gasteiger partial charge in [-0.25, -0.2) is 9.78 Å². The number of carbonyl (C=O) groups excluding carboxylic acids is 2. The van der Waals surface area contributed by atoms with Gasteiger partial charge in [-0.3, -0.25) is 14.2 Å². The average Bonchev–Trinajstić information content (AvgIpc) is 3.19. The van der Waals surface area contributed by atoms with Crippen LogP contribution in [0.4, 0.5) is 0 Å². The Hall–Kier alpha value is -2.22. The van der Waals surface area contributed by atoms with Crippen LogP contribution in [0.5, 0.6) is 0 Å². The van der Waals surface area contributed by atoms with Crippen LogP contribution in [-0.2, 0) is 22.5 Å². The molecule has 1 atom stereocenters. The predicted octanol–water partition coefficient (Wildman–Crippen LogP) is 2.90. The van der Waals surface area contributed by atoms with Crippen molar-refractivity contribution in [3.05, 3.63) is 26.6 Å². The van der Waals surface area contributed by atoms with Crippen molar-refractivity contribution in [3.63, 3.8) is 0 Å². The van der Waals surface area contributed by atoms with Crippen LogP contribution in [0.25, 0.3) is 10.2 Å². The third kappa shape index (κ3) is 3.45. The minimum absolute atomic E-state index is 0.00588. The van der Waals surface area contributed by atoms with Gasteiger partial charge in [0.1, 0.15) is 15.5 Å². The van der Waals surface area contributed by atoms with E-state index in [2.05, 4.69) is 4.98 Å². The molecule has 8 heteroatoms. The highest BCUT2D eigenvalue weighted by atomic mass is 32.1. The molecule has 1 amide bonds. The lowest BCUT2D eigenvalue weighted by atomic mass is 10.2. The van der Waals surface area contributed by atoms with Crippen LogP contribution in [0.2, 0.25) is 0 Å². The van der Waals surface area contributed by atoms with Crippen LogP contribution in [0.1, 0.15) is 62.1 Å². The van der Waals surface area contributed by atoms with Crippen molar-refractivity contribution in [2.75, 3.05) is 0 Å². The van der Waals surface area contributed by atoms with E-state index in [0.717, 1.165) is 30.0 Å². The number of rotatable bonds is 5. The molecule has 0 spiro atoms. The maximum absolute atomic E-state index is 12.8. The van der Waals surface area contributed by atoms with Gasteiger partial charge in [-0.05, 0) is 53.5 Å². The molecule has 0 saturated carbocycles. The molecular weight excluding hydrogens is 378 g/mol. The van der Waals surface area contributed by atoms with Crippen molar-refractivity contribution in [2.45, 2.75) is 79.1 Å². The first-order chi connectivity index (χ1) is 13.1. The second-order valence-corrected chi connectivity index (χ2v) is 8.80. The van der Waals surface area contributed by atoms with E-state index >= 15 is 0 Å². The first-order valence-electron chi connectivity index (χ1n) is 9.69. The van der Waals surface area contributed by atoms with Crippen LogP contribution in [0, 0.1) is 6.92 Å². The fourth-order valence-corrected chi connectivity index (χ4v) is 4.92. The van der Waals surface area contributed by atoms with Crippen LogP contribution < -0.4 is 5.56 Å². The second-order valence-electron chi connectivity index (χ2n) is 7.81. The molecule has 1 unspecified atom stereocenters. The zero-order valence-electron chi connectivity index (χ0n) is 17.2. The SMILES string of the molecule is Cc1c(C(=O)OC(C)C(=O)N(C(C)C)C(C)C)sc2nc3n(c(=O)c12)CCC3. The van der Waals surface area contributed by atoms with Crippen molar-refractivity contribution < 1.29 is 14.3 Å². The largest absolute Gasteiger partial charge is 0.448 e. The maximum Gasteiger partial charge on any atom is 0.349 e.